The second-order valence-corrected chi connectivity index (χ2v) is 5.46. The van der Waals surface area contributed by atoms with Crippen LogP contribution in [0.25, 0.3) is 5.69 Å². The maximum absolute atomic E-state index is 11.6. The molecule has 1 aromatic heterocycles. The fraction of sp³-hybridized carbons (Fsp3) is 0.286. The van der Waals surface area contributed by atoms with E-state index in [4.69, 9.17) is 4.74 Å². The van der Waals surface area contributed by atoms with Crippen LogP contribution in [0.2, 0.25) is 0 Å². The van der Waals surface area contributed by atoms with E-state index in [0.717, 1.165) is 16.6 Å². The first-order chi connectivity index (χ1) is 9.65. The normalized spacial score (nSPS) is 11.9. The average molecular weight is 291 g/mol. The lowest BCUT2D eigenvalue weighted by Crippen LogP contribution is -2.27. The molecule has 0 aliphatic rings. The average Bonchev–Trinajstić information content (AvgIpc) is 2.94. The largest absolute Gasteiger partial charge is 0.497 e. The van der Waals surface area contributed by atoms with Gasteiger partial charge in [-0.3, -0.25) is 9.36 Å². The van der Waals surface area contributed by atoms with E-state index in [9.17, 15) is 4.79 Å². The highest BCUT2D eigenvalue weighted by atomic mass is 32.2. The molecule has 6 heteroatoms. The molecule has 1 unspecified atom stereocenters. The number of benzene rings is 1. The van der Waals surface area contributed by atoms with Crippen molar-refractivity contribution in [2.24, 2.45) is 0 Å². The summed E-state index contributed by atoms with van der Waals surface area (Å²) in [6, 6.07) is 7.71. The number of hydrogen-bond acceptors (Lipinski definition) is 4. The number of thioether (sulfide) groups is 1. The van der Waals surface area contributed by atoms with Gasteiger partial charge in [-0.2, -0.15) is 0 Å². The number of nitrogens with zero attached hydrogens (tertiary/aromatic N) is 2. The highest BCUT2D eigenvalue weighted by molar-refractivity contribution is 8.00. The summed E-state index contributed by atoms with van der Waals surface area (Å²) in [4.78, 5) is 15.9. The van der Waals surface area contributed by atoms with Gasteiger partial charge in [0.15, 0.2) is 5.16 Å². The van der Waals surface area contributed by atoms with E-state index in [1.807, 2.05) is 42.0 Å². The van der Waals surface area contributed by atoms with Crippen molar-refractivity contribution in [1.82, 2.24) is 14.9 Å². The van der Waals surface area contributed by atoms with Crippen LogP contribution in [0.3, 0.4) is 0 Å². The van der Waals surface area contributed by atoms with Crippen molar-refractivity contribution in [3.05, 3.63) is 36.7 Å². The second-order valence-electron chi connectivity index (χ2n) is 4.16. The SMILES string of the molecule is CNC(=O)C(C)Sc1nccn1-c1cccc(OC)c1. The first kappa shape index (κ1) is 14.5. The van der Waals surface area contributed by atoms with Crippen LogP contribution >= 0.6 is 11.8 Å². The highest BCUT2D eigenvalue weighted by Crippen LogP contribution is 2.26. The summed E-state index contributed by atoms with van der Waals surface area (Å²) >= 11 is 1.42. The molecule has 0 saturated heterocycles. The Labute approximate surface area is 122 Å². The van der Waals surface area contributed by atoms with Gasteiger partial charge in [-0.25, -0.2) is 4.98 Å². The predicted octanol–water partition coefficient (Wildman–Crippen LogP) is 2.11. The lowest BCUT2D eigenvalue weighted by molar-refractivity contribution is -0.119. The van der Waals surface area contributed by atoms with Gasteiger partial charge in [0, 0.05) is 25.5 Å². The number of nitrogens with one attached hydrogen (secondary N) is 1. The molecule has 1 atom stereocenters. The van der Waals surface area contributed by atoms with Crippen LogP contribution in [0.1, 0.15) is 6.92 Å². The molecule has 1 heterocycles. The maximum Gasteiger partial charge on any atom is 0.233 e. The van der Waals surface area contributed by atoms with Gasteiger partial charge in [-0.05, 0) is 19.1 Å². The van der Waals surface area contributed by atoms with Crippen LogP contribution < -0.4 is 10.1 Å². The molecule has 1 N–H and O–H groups in total. The van der Waals surface area contributed by atoms with Crippen molar-refractivity contribution >= 4 is 17.7 Å². The lowest BCUT2D eigenvalue weighted by atomic mass is 10.3. The fourth-order valence-corrected chi connectivity index (χ4v) is 2.69. The molecule has 1 aromatic carbocycles. The van der Waals surface area contributed by atoms with Gasteiger partial charge < -0.3 is 10.1 Å². The van der Waals surface area contributed by atoms with Gasteiger partial charge >= 0.3 is 0 Å². The van der Waals surface area contributed by atoms with Gasteiger partial charge in [0.25, 0.3) is 0 Å². The zero-order valence-electron chi connectivity index (χ0n) is 11.7. The Bertz CT molecular complexity index is 598. The van der Waals surface area contributed by atoms with Crippen LogP contribution in [0, 0.1) is 0 Å². The molecule has 2 rings (SSSR count). The van der Waals surface area contributed by atoms with E-state index >= 15 is 0 Å². The fourth-order valence-electron chi connectivity index (χ4n) is 1.75. The van der Waals surface area contributed by atoms with Crippen LogP contribution in [0.4, 0.5) is 0 Å². The zero-order chi connectivity index (χ0) is 14.5. The smallest absolute Gasteiger partial charge is 0.233 e. The van der Waals surface area contributed by atoms with Crippen molar-refractivity contribution in [3.8, 4) is 11.4 Å². The van der Waals surface area contributed by atoms with Gasteiger partial charge in [0.1, 0.15) is 5.75 Å². The molecule has 1 amide bonds. The Balaban J connectivity index is 2.26. The maximum atomic E-state index is 11.6. The first-order valence-electron chi connectivity index (χ1n) is 6.21. The summed E-state index contributed by atoms with van der Waals surface area (Å²) < 4.78 is 7.16. The zero-order valence-corrected chi connectivity index (χ0v) is 12.5. The van der Waals surface area contributed by atoms with Gasteiger partial charge in [-0.1, -0.05) is 17.8 Å². The number of ether oxygens (including phenoxy) is 1. The molecule has 0 fully saturated rings. The number of methoxy groups -OCH3 is 1. The Hall–Kier alpha value is -1.95. The highest BCUT2D eigenvalue weighted by Gasteiger charge is 2.16. The molecule has 0 radical (unpaired) electrons. The molecule has 0 bridgehead atoms. The minimum Gasteiger partial charge on any atom is -0.497 e. The van der Waals surface area contributed by atoms with Gasteiger partial charge in [-0.15, -0.1) is 0 Å². The molecule has 0 aliphatic carbocycles. The number of rotatable bonds is 5. The topological polar surface area (TPSA) is 56.2 Å². The predicted molar refractivity (Wildman–Crippen MR) is 79.5 cm³/mol. The van der Waals surface area contributed by atoms with Crippen molar-refractivity contribution in [1.29, 1.82) is 0 Å². The van der Waals surface area contributed by atoms with E-state index in [2.05, 4.69) is 10.3 Å². The van der Waals surface area contributed by atoms with Crippen LogP contribution in [-0.4, -0.2) is 34.9 Å². The van der Waals surface area contributed by atoms with Crippen molar-refractivity contribution in [2.45, 2.75) is 17.3 Å². The van der Waals surface area contributed by atoms with E-state index < -0.39 is 0 Å². The Kier molecular flexibility index (Phi) is 4.68. The molecule has 0 aliphatic heterocycles. The van der Waals surface area contributed by atoms with Crippen LogP contribution in [-0.2, 0) is 4.79 Å². The number of amides is 1. The number of carbonyl (C=O) groups excluding carboxylic acids is 1. The Morgan fingerprint density at radius 1 is 1.50 bits per heavy atom. The first-order valence-corrected chi connectivity index (χ1v) is 7.09. The van der Waals surface area contributed by atoms with Crippen LogP contribution in [0.5, 0.6) is 5.75 Å². The van der Waals surface area contributed by atoms with Gasteiger partial charge in [0.05, 0.1) is 18.0 Å². The molecular weight excluding hydrogens is 274 g/mol. The lowest BCUT2D eigenvalue weighted by Gasteiger charge is -2.12. The summed E-state index contributed by atoms with van der Waals surface area (Å²) in [5, 5.41) is 3.21. The third kappa shape index (κ3) is 3.14. The minimum absolute atomic E-state index is 0.0183. The molecular formula is C14H17N3O2S. The summed E-state index contributed by atoms with van der Waals surface area (Å²) in [6.07, 6.45) is 3.59. The Morgan fingerprint density at radius 2 is 2.30 bits per heavy atom. The minimum atomic E-state index is -0.202. The third-order valence-corrected chi connectivity index (χ3v) is 3.92. The van der Waals surface area contributed by atoms with Crippen molar-refractivity contribution < 1.29 is 9.53 Å². The monoisotopic (exact) mass is 291 g/mol. The molecule has 0 saturated carbocycles. The Morgan fingerprint density at radius 3 is 3.00 bits per heavy atom. The van der Waals surface area contributed by atoms with Gasteiger partial charge in [0.2, 0.25) is 5.91 Å². The molecule has 20 heavy (non-hydrogen) atoms. The summed E-state index contributed by atoms with van der Waals surface area (Å²) in [6.45, 7) is 1.86. The summed E-state index contributed by atoms with van der Waals surface area (Å²) in [5.41, 5.74) is 0.952. The molecule has 2 aromatic rings. The number of aromatic nitrogens is 2. The quantitative estimate of drug-likeness (QED) is 0.857. The number of carbonyl (C=O) groups is 1. The second kappa shape index (κ2) is 6.47. The number of imidazole rings is 1. The number of hydrogen-bond donors (Lipinski definition) is 1. The summed E-state index contributed by atoms with van der Waals surface area (Å²) in [5.74, 6) is 0.765. The molecule has 5 nitrogen and oxygen atoms in total. The standard InChI is InChI=1S/C14H17N3O2S/c1-10(13(18)15-2)20-14-16-7-8-17(14)11-5-4-6-12(9-11)19-3/h4-10H,1-3H3,(H,15,18). The van der Waals surface area contributed by atoms with E-state index in [1.54, 1.807) is 20.4 Å². The molecule has 106 valence electrons. The van der Waals surface area contributed by atoms with E-state index in [0.29, 0.717) is 0 Å². The third-order valence-electron chi connectivity index (χ3n) is 2.84. The van der Waals surface area contributed by atoms with E-state index in [-0.39, 0.29) is 11.2 Å². The van der Waals surface area contributed by atoms with E-state index in [1.165, 1.54) is 11.8 Å². The van der Waals surface area contributed by atoms with Crippen LogP contribution in [0.15, 0.2) is 41.8 Å². The molecule has 0 spiro atoms. The van der Waals surface area contributed by atoms with Crippen molar-refractivity contribution in [3.63, 3.8) is 0 Å². The summed E-state index contributed by atoms with van der Waals surface area (Å²) in [7, 11) is 3.27. The van der Waals surface area contributed by atoms with Crippen molar-refractivity contribution in [2.75, 3.05) is 14.2 Å².